The van der Waals surface area contributed by atoms with Gasteiger partial charge in [0.2, 0.25) is 5.88 Å². The third-order valence-corrected chi connectivity index (χ3v) is 6.15. The van der Waals surface area contributed by atoms with Crippen LogP contribution in [0.1, 0.15) is 39.4 Å². The van der Waals surface area contributed by atoms with Gasteiger partial charge in [-0.25, -0.2) is 4.98 Å². The standard InChI is InChI=1S/C25H20N4O3S/c1-3-32-24-18(13-26)19(16-7-5-4-6-8-16)20-21(27)22(33-25(20)29-24)23(31)28-17-11-9-15(10-12-17)14(2)30/h4-12H,3,27H2,1-2H3,(H,28,31). The lowest BCUT2D eigenvalue weighted by Crippen LogP contribution is -2.12. The summed E-state index contributed by atoms with van der Waals surface area (Å²) < 4.78 is 5.64. The Hall–Kier alpha value is -4.22. The first-order valence-electron chi connectivity index (χ1n) is 10.2. The van der Waals surface area contributed by atoms with E-state index in [2.05, 4.69) is 16.4 Å². The first-order valence-corrected chi connectivity index (χ1v) is 11.0. The van der Waals surface area contributed by atoms with Gasteiger partial charge in [-0.05, 0) is 43.7 Å². The molecule has 4 rings (SSSR count). The van der Waals surface area contributed by atoms with Crippen LogP contribution in [0, 0.1) is 11.3 Å². The predicted octanol–water partition coefficient (Wildman–Crippen LogP) is 5.27. The van der Waals surface area contributed by atoms with Crippen molar-refractivity contribution in [1.82, 2.24) is 4.98 Å². The van der Waals surface area contributed by atoms with Crippen LogP contribution in [0.3, 0.4) is 0 Å². The lowest BCUT2D eigenvalue weighted by Gasteiger charge is -2.11. The normalized spacial score (nSPS) is 10.6. The molecule has 2 heterocycles. The highest BCUT2D eigenvalue weighted by molar-refractivity contribution is 7.21. The van der Waals surface area contributed by atoms with Crippen LogP contribution in [0.15, 0.2) is 54.6 Å². The summed E-state index contributed by atoms with van der Waals surface area (Å²) in [6, 6.07) is 18.2. The van der Waals surface area contributed by atoms with E-state index in [1.54, 1.807) is 24.3 Å². The average Bonchev–Trinajstić information content (AvgIpc) is 3.15. The van der Waals surface area contributed by atoms with Crippen molar-refractivity contribution >= 4 is 44.6 Å². The summed E-state index contributed by atoms with van der Waals surface area (Å²) in [5.41, 5.74) is 9.43. The number of pyridine rings is 1. The molecule has 0 radical (unpaired) electrons. The summed E-state index contributed by atoms with van der Waals surface area (Å²) in [4.78, 5) is 29.8. The summed E-state index contributed by atoms with van der Waals surface area (Å²) in [5, 5.41) is 13.3. The molecule has 0 aliphatic heterocycles. The number of aromatic nitrogens is 1. The van der Waals surface area contributed by atoms with Crippen molar-refractivity contribution in [2.75, 3.05) is 17.7 Å². The molecule has 8 heteroatoms. The van der Waals surface area contributed by atoms with E-state index in [1.807, 2.05) is 37.3 Å². The number of ketones is 1. The number of rotatable bonds is 6. The molecule has 2 aromatic carbocycles. The number of nitrogens with two attached hydrogens (primary N) is 1. The fourth-order valence-electron chi connectivity index (χ4n) is 3.51. The van der Waals surface area contributed by atoms with E-state index in [-0.39, 0.29) is 27.8 Å². The van der Waals surface area contributed by atoms with Crippen molar-refractivity contribution in [2.45, 2.75) is 13.8 Å². The second-order valence-electron chi connectivity index (χ2n) is 7.19. The fourth-order valence-corrected chi connectivity index (χ4v) is 4.51. The third-order valence-electron chi connectivity index (χ3n) is 5.05. The molecule has 0 saturated carbocycles. The molecule has 0 spiro atoms. The molecule has 1 amide bonds. The van der Waals surface area contributed by atoms with Crippen molar-refractivity contribution in [3.63, 3.8) is 0 Å². The number of Topliss-reactive ketones (excluding diaryl/α,β-unsaturated/α-hetero) is 1. The molecule has 33 heavy (non-hydrogen) atoms. The molecule has 7 nitrogen and oxygen atoms in total. The topological polar surface area (TPSA) is 118 Å². The van der Waals surface area contributed by atoms with Crippen molar-refractivity contribution in [1.29, 1.82) is 5.26 Å². The van der Waals surface area contributed by atoms with Crippen molar-refractivity contribution < 1.29 is 14.3 Å². The number of nitrogen functional groups attached to an aromatic ring is 1. The number of hydrogen-bond donors (Lipinski definition) is 2. The summed E-state index contributed by atoms with van der Waals surface area (Å²) in [5.74, 6) is -0.250. The van der Waals surface area contributed by atoms with E-state index < -0.39 is 5.91 Å². The first-order chi connectivity index (χ1) is 15.9. The zero-order chi connectivity index (χ0) is 23.5. The van der Waals surface area contributed by atoms with Crippen LogP contribution in [0.25, 0.3) is 21.3 Å². The number of fused-ring (bicyclic) bond motifs is 1. The largest absolute Gasteiger partial charge is 0.477 e. The molecule has 2 aromatic heterocycles. The molecule has 0 saturated heterocycles. The molecule has 164 valence electrons. The summed E-state index contributed by atoms with van der Waals surface area (Å²) in [6.45, 7) is 3.63. The van der Waals surface area contributed by atoms with Crippen LogP contribution >= 0.6 is 11.3 Å². The minimum atomic E-state index is -0.401. The smallest absolute Gasteiger partial charge is 0.267 e. The average molecular weight is 457 g/mol. The molecule has 0 aliphatic rings. The van der Waals surface area contributed by atoms with Crippen molar-refractivity contribution in [3.05, 3.63) is 70.6 Å². The molecule has 0 fully saturated rings. The monoisotopic (exact) mass is 456 g/mol. The molecule has 0 atom stereocenters. The number of carbonyl (C=O) groups excluding carboxylic acids is 2. The maximum atomic E-state index is 13.1. The van der Waals surface area contributed by atoms with Crippen molar-refractivity contribution in [3.8, 4) is 23.1 Å². The van der Waals surface area contributed by atoms with E-state index in [4.69, 9.17) is 10.5 Å². The molecule has 4 aromatic rings. The highest BCUT2D eigenvalue weighted by atomic mass is 32.1. The Morgan fingerprint density at radius 1 is 1.15 bits per heavy atom. The SMILES string of the molecule is CCOc1nc2sc(C(=O)Nc3ccc(C(C)=O)cc3)c(N)c2c(-c2ccccc2)c1C#N. The Bertz CT molecular complexity index is 1400. The van der Waals surface area contributed by atoms with Gasteiger partial charge < -0.3 is 15.8 Å². The van der Waals surface area contributed by atoms with Crippen LogP contribution in [-0.2, 0) is 0 Å². The van der Waals surface area contributed by atoms with Crippen LogP contribution in [-0.4, -0.2) is 23.3 Å². The zero-order valence-electron chi connectivity index (χ0n) is 18.0. The second-order valence-corrected chi connectivity index (χ2v) is 8.19. The highest BCUT2D eigenvalue weighted by Gasteiger charge is 2.25. The third kappa shape index (κ3) is 4.14. The maximum absolute atomic E-state index is 13.1. The minimum Gasteiger partial charge on any atom is -0.477 e. The summed E-state index contributed by atoms with van der Waals surface area (Å²) in [6.07, 6.45) is 0. The van der Waals surface area contributed by atoms with Crippen LogP contribution in [0.2, 0.25) is 0 Å². The molecule has 0 unspecified atom stereocenters. The van der Waals surface area contributed by atoms with Crippen LogP contribution in [0.4, 0.5) is 11.4 Å². The van der Waals surface area contributed by atoms with Gasteiger partial charge in [-0.1, -0.05) is 30.3 Å². The predicted molar refractivity (Wildman–Crippen MR) is 130 cm³/mol. The van der Waals surface area contributed by atoms with E-state index in [9.17, 15) is 14.9 Å². The Morgan fingerprint density at radius 3 is 2.45 bits per heavy atom. The summed E-state index contributed by atoms with van der Waals surface area (Å²) >= 11 is 1.14. The van der Waals surface area contributed by atoms with E-state index in [0.29, 0.717) is 33.6 Å². The van der Waals surface area contributed by atoms with Gasteiger partial charge in [0, 0.05) is 22.2 Å². The van der Waals surface area contributed by atoms with Gasteiger partial charge in [0.1, 0.15) is 21.3 Å². The number of nitriles is 1. The van der Waals surface area contributed by atoms with Crippen molar-refractivity contribution in [2.24, 2.45) is 0 Å². The Morgan fingerprint density at radius 2 is 1.85 bits per heavy atom. The Kier molecular flexibility index (Phi) is 6.07. The van der Waals surface area contributed by atoms with Gasteiger partial charge in [0.15, 0.2) is 5.78 Å². The van der Waals surface area contributed by atoms with Gasteiger partial charge in [-0.2, -0.15) is 5.26 Å². The molecular formula is C25H20N4O3S. The number of carbonyl (C=O) groups is 2. The lowest BCUT2D eigenvalue weighted by molar-refractivity contribution is 0.101. The molecule has 0 bridgehead atoms. The van der Waals surface area contributed by atoms with Gasteiger partial charge in [0.25, 0.3) is 5.91 Å². The van der Waals surface area contributed by atoms with E-state index >= 15 is 0 Å². The Balaban J connectivity index is 1.84. The number of anilines is 2. The van der Waals surface area contributed by atoms with Gasteiger partial charge >= 0.3 is 0 Å². The zero-order valence-corrected chi connectivity index (χ0v) is 18.8. The lowest BCUT2D eigenvalue weighted by atomic mass is 9.97. The quantitative estimate of drug-likeness (QED) is 0.382. The van der Waals surface area contributed by atoms with Gasteiger partial charge in [0.05, 0.1) is 12.3 Å². The number of amides is 1. The number of thiophene rings is 1. The van der Waals surface area contributed by atoms with E-state index in [0.717, 1.165) is 16.9 Å². The summed E-state index contributed by atoms with van der Waals surface area (Å²) in [7, 11) is 0. The van der Waals surface area contributed by atoms with Gasteiger partial charge in [-0.15, -0.1) is 11.3 Å². The highest BCUT2D eigenvalue weighted by Crippen LogP contribution is 2.43. The number of ether oxygens (including phenoxy) is 1. The molecule has 0 aliphatic carbocycles. The minimum absolute atomic E-state index is 0.0560. The fraction of sp³-hybridized carbons (Fsp3) is 0.120. The molecule has 3 N–H and O–H groups in total. The van der Waals surface area contributed by atoms with Crippen LogP contribution in [0.5, 0.6) is 5.88 Å². The van der Waals surface area contributed by atoms with Crippen LogP contribution < -0.4 is 15.8 Å². The van der Waals surface area contributed by atoms with E-state index in [1.165, 1.54) is 6.92 Å². The maximum Gasteiger partial charge on any atom is 0.267 e. The number of benzene rings is 2. The number of hydrogen-bond acceptors (Lipinski definition) is 7. The second kappa shape index (κ2) is 9.10. The van der Waals surface area contributed by atoms with Gasteiger partial charge in [-0.3, -0.25) is 9.59 Å². The first kappa shape index (κ1) is 22.0. The number of nitrogens with zero attached hydrogens (tertiary/aromatic N) is 2. The number of nitrogens with one attached hydrogen (secondary N) is 1. The molecular weight excluding hydrogens is 436 g/mol. The Labute approximate surface area is 194 Å².